The molecular formula is C26H28O4. The van der Waals surface area contributed by atoms with Gasteiger partial charge in [0.1, 0.15) is 18.1 Å². The maximum atomic E-state index is 11.0. The van der Waals surface area contributed by atoms with Gasteiger partial charge < -0.3 is 14.6 Å². The molecule has 0 aliphatic carbocycles. The molecule has 30 heavy (non-hydrogen) atoms. The Balaban J connectivity index is 1.65. The molecule has 0 saturated heterocycles. The molecule has 0 aromatic heterocycles. The van der Waals surface area contributed by atoms with Gasteiger partial charge in [0.25, 0.3) is 0 Å². The van der Waals surface area contributed by atoms with Crippen molar-refractivity contribution >= 4 is 5.97 Å². The Morgan fingerprint density at radius 2 is 1.73 bits per heavy atom. The van der Waals surface area contributed by atoms with E-state index in [1.54, 1.807) is 24.3 Å². The number of hydrogen-bond acceptors (Lipinski definition) is 3. The predicted octanol–water partition coefficient (Wildman–Crippen LogP) is 6.05. The normalized spacial score (nSPS) is 12.1. The van der Waals surface area contributed by atoms with E-state index in [1.165, 1.54) is 0 Å². The van der Waals surface area contributed by atoms with Crippen LogP contribution in [-0.2, 0) is 17.8 Å². The molecule has 156 valence electrons. The minimum absolute atomic E-state index is 0.188. The molecule has 0 radical (unpaired) electrons. The van der Waals surface area contributed by atoms with E-state index in [-0.39, 0.29) is 6.42 Å². The Morgan fingerprint density at radius 3 is 2.43 bits per heavy atom. The zero-order chi connectivity index (χ0) is 23.1. The highest BCUT2D eigenvalue weighted by Gasteiger charge is 2.06. The van der Waals surface area contributed by atoms with Crippen LogP contribution in [-0.4, -0.2) is 17.7 Å². The van der Waals surface area contributed by atoms with Gasteiger partial charge in [-0.25, -0.2) is 0 Å². The molecular weight excluding hydrogens is 376 g/mol. The summed E-state index contributed by atoms with van der Waals surface area (Å²) in [7, 11) is 0. The Bertz CT molecular complexity index is 1060. The van der Waals surface area contributed by atoms with Crippen LogP contribution in [0.4, 0.5) is 0 Å². The van der Waals surface area contributed by atoms with E-state index in [1.807, 2.05) is 18.2 Å². The average molecular weight is 407 g/mol. The number of carboxylic acid groups (broad SMARTS) is 1. The zero-order valence-corrected chi connectivity index (χ0v) is 17.4. The van der Waals surface area contributed by atoms with Crippen molar-refractivity contribution < 1.29 is 22.1 Å². The van der Waals surface area contributed by atoms with Crippen LogP contribution in [0.1, 0.15) is 39.1 Å². The van der Waals surface area contributed by atoms with Gasteiger partial charge in [0, 0.05) is 9.11 Å². The van der Waals surface area contributed by atoms with Gasteiger partial charge in [0.2, 0.25) is 0 Å². The zero-order valence-electron chi connectivity index (χ0n) is 19.4. The van der Waals surface area contributed by atoms with E-state index in [0.717, 1.165) is 34.4 Å². The van der Waals surface area contributed by atoms with Crippen molar-refractivity contribution in [3.63, 3.8) is 0 Å². The summed E-state index contributed by atoms with van der Waals surface area (Å²) >= 11 is 0. The third-order valence-corrected chi connectivity index (χ3v) is 4.68. The van der Waals surface area contributed by atoms with E-state index in [4.69, 9.17) is 17.3 Å². The predicted molar refractivity (Wildman–Crippen MR) is 119 cm³/mol. The summed E-state index contributed by atoms with van der Waals surface area (Å²) in [4.78, 5) is 11.0. The average Bonchev–Trinajstić information content (AvgIpc) is 2.77. The van der Waals surface area contributed by atoms with Gasteiger partial charge in [-0.2, -0.15) is 0 Å². The largest absolute Gasteiger partial charge is 0.494 e. The van der Waals surface area contributed by atoms with Crippen molar-refractivity contribution in [2.45, 2.75) is 39.7 Å². The van der Waals surface area contributed by atoms with Gasteiger partial charge in [-0.05, 0) is 77.9 Å². The highest BCUT2D eigenvalue weighted by Crippen LogP contribution is 2.28. The molecule has 0 bridgehead atoms. The molecule has 4 heteroatoms. The minimum Gasteiger partial charge on any atom is -0.494 e. The number of carbonyl (C=O) groups is 1. The van der Waals surface area contributed by atoms with Crippen LogP contribution in [0.2, 0.25) is 0 Å². The summed E-state index contributed by atoms with van der Waals surface area (Å²) in [5.74, 6) is 0.0622. The lowest BCUT2D eigenvalue weighted by molar-refractivity contribution is -0.136. The second-order valence-electron chi connectivity index (χ2n) is 7.12. The Kier molecular flexibility index (Phi) is 6.55. The van der Waals surface area contributed by atoms with E-state index in [9.17, 15) is 4.79 Å². The van der Waals surface area contributed by atoms with Gasteiger partial charge in [0.15, 0.2) is 0 Å². The fourth-order valence-electron chi connectivity index (χ4n) is 3.15. The monoisotopic (exact) mass is 406 g/mol. The van der Waals surface area contributed by atoms with Gasteiger partial charge in [-0.15, -0.1) is 0 Å². The lowest BCUT2D eigenvalue weighted by atomic mass is 9.99. The number of rotatable bonds is 10. The smallest absolute Gasteiger partial charge is 0.303 e. The van der Waals surface area contributed by atoms with Crippen LogP contribution >= 0.6 is 0 Å². The van der Waals surface area contributed by atoms with Crippen LogP contribution in [0, 0.1) is 6.92 Å². The number of benzene rings is 3. The van der Waals surface area contributed by atoms with Gasteiger partial charge in [-0.1, -0.05) is 43.3 Å². The molecule has 0 aliphatic rings. The van der Waals surface area contributed by atoms with Gasteiger partial charge >= 0.3 is 5.97 Å². The van der Waals surface area contributed by atoms with E-state index in [2.05, 4.69) is 38.1 Å². The first-order valence-electron chi connectivity index (χ1n) is 11.1. The summed E-state index contributed by atoms with van der Waals surface area (Å²) in [6.45, 7) is 5.26. The van der Waals surface area contributed by atoms with E-state index < -0.39 is 12.3 Å². The van der Waals surface area contributed by atoms with Gasteiger partial charge in [-0.3, -0.25) is 4.79 Å². The summed E-state index contributed by atoms with van der Waals surface area (Å²) < 4.78 is 26.7. The summed E-state index contributed by atoms with van der Waals surface area (Å²) in [5, 5.41) is 8.93. The topological polar surface area (TPSA) is 55.8 Å². The Hall–Kier alpha value is -3.27. The molecule has 4 nitrogen and oxygen atoms in total. The van der Waals surface area contributed by atoms with Crippen LogP contribution < -0.4 is 9.47 Å². The first-order valence-corrected chi connectivity index (χ1v) is 10.1. The summed E-state index contributed by atoms with van der Waals surface area (Å²) in [6.07, 6.45) is -1.50. The van der Waals surface area contributed by atoms with Crippen molar-refractivity contribution in [3.8, 4) is 22.6 Å². The molecule has 0 atom stereocenters. The maximum absolute atomic E-state index is 11.0. The highest BCUT2D eigenvalue weighted by atomic mass is 16.5. The molecule has 0 saturated carbocycles. The fourth-order valence-corrected chi connectivity index (χ4v) is 3.15. The number of carboxylic acids is 1. The SMILES string of the molecule is [2H]C([2H])(Cc1ccc(OCc2cccc(-c3ccc(OCCC)cc3C)c2)cc1)C(=O)O. The highest BCUT2D eigenvalue weighted by molar-refractivity contribution is 5.69. The summed E-state index contributed by atoms with van der Waals surface area (Å²) in [6, 6.07) is 21.2. The van der Waals surface area contributed by atoms with Crippen LogP contribution in [0.3, 0.4) is 0 Å². The molecule has 0 spiro atoms. The van der Waals surface area contributed by atoms with Crippen molar-refractivity contribution in [3.05, 3.63) is 83.4 Å². The number of aliphatic carboxylic acids is 1. The molecule has 3 aromatic carbocycles. The van der Waals surface area contributed by atoms with Crippen LogP contribution in [0.25, 0.3) is 11.1 Å². The quantitative estimate of drug-likeness (QED) is 0.445. The summed E-state index contributed by atoms with van der Waals surface area (Å²) in [5.41, 5.74) is 5.03. The molecule has 1 N–H and O–H groups in total. The van der Waals surface area contributed by atoms with Gasteiger partial charge in [0.05, 0.1) is 6.61 Å². The molecule has 3 aromatic rings. The Labute approximate surface area is 180 Å². The van der Waals surface area contributed by atoms with Crippen molar-refractivity contribution in [1.82, 2.24) is 0 Å². The molecule has 0 unspecified atom stereocenters. The van der Waals surface area contributed by atoms with Crippen molar-refractivity contribution in [2.24, 2.45) is 0 Å². The maximum Gasteiger partial charge on any atom is 0.303 e. The first kappa shape index (κ1) is 18.7. The number of hydrogen-bond donors (Lipinski definition) is 1. The Morgan fingerprint density at radius 1 is 0.967 bits per heavy atom. The van der Waals surface area contributed by atoms with Crippen LogP contribution in [0.15, 0.2) is 66.7 Å². The van der Waals surface area contributed by atoms with E-state index in [0.29, 0.717) is 24.5 Å². The standard InChI is InChI=1S/C26H28O4/c1-3-15-29-24-12-13-25(19(2)16-24)22-6-4-5-21(17-22)18-30-23-10-7-20(8-11-23)9-14-26(27)28/h4-8,10-13,16-17H,3,9,14-15,18H2,1-2H3,(H,27,28)/i14D2. The number of aryl methyl sites for hydroxylation is 2. The van der Waals surface area contributed by atoms with Crippen LogP contribution in [0.5, 0.6) is 11.5 Å². The third kappa shape index (κ3) is 6.11. The molecule has 0 fully saturated rings. The fraction of sp³-hybridized carbons (Fsp3) is 0.269. The first-order chi connectivity index (χ1) is 15.3. The lowest BCUT2D eigenvalue weighted by Crippen LogP contribution is -1.98. The lowest BCUT2D eigenvalue weighted by Gasteiger charge is -2.12. The molecule has 0 amide bonds. The van der Waals surface area contributed by atoms with Crippen molar-refractivity contribution in [2.75, 3.05) is 6.61 Å². The minimum atomic E-state index is -2.29. The van der Waals surface area contributed by atoms with E-state index >= 15 is 0 Å². The number of ether oxygens (including phenoxy) is 2. The third-order valence-electron chi connectivity index (χ3n) is 4.68. The molecule has 3 rings (SSSR count). The molecule has 0 heterocycles. The van der Waals surface area contributed by atoms with Crippen molar-refractivity contribution in [1.29, 1.82) is 0 Å². The second kappa shape index (κ2) is 10.5. The second-order valence-corrected chi connectivity index (χ2v) is 7.12. The molecule has 0 aliphatic heterocycles.